The highest BCUT2D eigenvalue weighted by molar-refractivity contribution is 5.31. The van der Waals surface area contributed by atoms with Gasteiger partial charge in [0.15, 0.2) is 0 Å². The molecule has 0 radical (unpaired) electrons. The molecule has 3 atom stereocenters. The Hall–Kier alpha value is -1.64. The highest BCUT2D eigenvalue weighted by Crippen LogP contribution is 2.45. The van der Waals surface area contributed by atoms with Crippen LogP contribution in [0.15, 0.2) is 54.6 Å². The van der Waals surface area contributed by atoms with Gasteiger partial charge >= 0.3 is 0 Å². The summed E-state index contributed by atoms with van der Waals surface area (Å²) in [5.74, 6) is 0. The molecular weight excluding hydrogens is 270 g/mol. The van der Waals surface area contributed by atoms with Gasteiger partial charge in [-0.2, -0.15) is 0 Å². The Morgan fingerprint density at radius 1 is 0.909 bits per heavy atom. The van der Waals surface area contributed by atoms with E-state index in [0.29, 0.717) is 12.1 Å². The summed E-state index contributed by atoms with van der Waals surface area (Å²) in [7, 11) is 0. The van der Waals surface area contributed by atoms with E-state index in [1.54, 1.807) is 0 Å². The molecule has 2 aliphatic heterocycles. The van der Waals surface area contributed by atoms with Crippen LogP contribution in [-0.4, -0.2) is 17.7 Å². The van der Waals surface area contributed by atoms with Crippen LogP contribution in [0.3, 0.4) is 0 Å². The van der Waals surface area contributed by atoms with Crippen LogP contribution < -0.4 is 0 Å². The fraction of sp³-hybridized carbons (Fsp3) is 0.400. The summed E-state index contributed by atoms with van der Waals surface area (Å²) >= 11 is 0. The van der Waals surface area contributed by atoms with Crippen molar-refractivity contribution in [3.63, 3.8) is 0 Å². The summed E-state index contributed by atoms with van der Waals surface area (Å²) in [4.78, 5) is 2.63. The van der Waals surface area contributed by atoms with E-state index in [0.717, 1.165) is 13.0 Å². The number of piperidine rings is 1. The summed E-state index contributed by atoms with van der Waals surface area (Å²) in [6.45, 7) is 3.05. The topological polar surface area (TPSA) is 12.5 Å². The number of rotatable bonds is 2. The predicted molar refractivity (Wildman–Crippen MR) is 88.5 cm³/mol. The summed E-state index contributed by atoms with van der Waals surface area (Å²) < 4.78 is 6.14. The Morgan fingerprint density at radius 3 is 2.50 bits per heavy atom. The lowest BCUT2D eigenvalue weighted by atomic mass is 9.90. The molecular formula is C20H23NO. The van der Waals surface area contributed by atoms with Gasteiger partial charge in [-0.15, -0.1) is 0 Å². The highest BCUT2D eigenvalue weighted by atomic mass is 16.5. The third-order valence-corrected chi connectivity index (χ3v) is 5.16. The molecule has 0 bridgehead atoms. The van der Waals surface area contributed by atoms with E-state index in [-0.39, 0.29) is 6.23 Å². The first kappa shape index (κ1) is 14.0. The van der Waals surface area contributed by atoms with Gasteiger partial charge in [-0.1, -0.05) is 54.6 Å². The molecule has 0 saturated carbocycles. The van der Waals surface area contributed by atoms with Crippen LogP contribution in [0, 0.1) is 6.92 Å². The first-order chi connectivity index (χ1) is 10.8. The average molecular weight is 293 g/mol. The normalized spacial score (nSPS) is 28.5. The molecule has 0 aliphatic carbocycles. The third-order valence-electron chi connectivity index (χ3n) is 5.16. The highest BCUT2D eigenvalue weighted by Gasteiger charge is 2.42. The zero-order valence-electron chi connectivity index (χ0n) is 13.1. The summed E-state index contributed by atoms with van der Waals surface area (Å²) in [6.07, 6.45) is 3.92. The second-order valence-electron chi connectivity index (χ2n) is 6.46. The predicted octanol–water partition coefficient (Wildman–Crippen LogP) is 4.62. The molecule has 2 nitrogen and oxygen atoms in total. The number of benzene rings is 2. The maximum Gasteiger partial charge on any atom is 0.111 e. The molecule has 2 heterocycles. The average Bonchev–Trinajstić information content (AvgIpc) is 3.00. The minimum atomic E-state index is 0.281. The van der Waals surface area contributed by atoms with Gasteiger partial charge in [0.05, 0.1) is 12.6 Å². The van der Waals surface area contributed by atoms with E-state index < -0.39 is 0 Å². The van der Waals surface area contributed by atoms with Crippen LogP contribution >= 0.6 is 0 Å². The van der Waals surface area contributed by atoms with Crippen LogP contribution in [0.1, 0.15) is 48.0 Å². The molecule has 2 aromatic rings. The molecule has 2 fully saturated rings. The van der Waals surface area contributed by atoms with Crippen molar-refractivity contribution in [1.82, 2.24) is 4.90 Å². The van der Waals surface area contributed by atoms with Gasteiger partial charge in [0, 0.05) is 6.04 Å². The maximum absolute atomic E-state index is 6.14. The number of hydrogen-bond acceptors (Lipinski definition) is 2. The van der Waals surface area contributed by atoms with Crippen LogP contribution in [0.25, 0.3) is 0 Å². The van der Waals surface area contributed by atoms with Crippen LogP contribution in [0.2, 0.25) is 0 Å². The third kappa shape index (κ3) is 2.37. The van der Waals surface area contributed by atoms with Crippen molar-refractivity contribution >= 4 is 0 Å². The van der Waals surface area contributed by atoms with E-state index in [1.165, 1.54) is 29.5 Å². The minimum absolute atomic E-state index is 0.281. The summed E-state index contributed by atoms with van der Waals surface area (Å²) in [5, 5.41) is 0. The van der Waals surface area contributed by atoms with Gasteiger partial charge in [-0.3, -0.25) is 4.90 Å². The Labute approximate surface area is 132 Å². The standard InChI is InChI=1S/C20H23NO/c1-15-8-5-6-11-17(15)18-12-7-13-20-21(18)19(14-22-20)16-9-3-2-4-10-16/h2-6,8-11,18-20H,7,12-14H2,1H3/t18-,19-,20-/m1/s1. The minimum Gasteiger partial charge on any atom is -0.361 e. The smallest absolute Gasteiger partial charge is 0.111 e. The molecule has 0 unspecified atom stereocenters. The molecule has 0 aromatic heterocycles. The Bertz CT molecular complexity index is 639. The number of fused-ring (bicyclic) bond motifs is 1. The fourth-order valence-corrected chi connectivity index (χ4v) is 4.08. The first-order valence-electron chi connectivity index (χ1n) is 8.34. The van der Waals surface area contributed by atoms with Gasteiger partial charge in [0.2, 0.25) is 0 Å². The molecule has 0 spiro atoms. The maximum atomic E-state index is 6.14. The first-order valence-corrected chi connectivity index (χ1v) is 8.34. The Kier molecular flexibility index (Phi) is 3.73. The zero-order valence-corrected chi connectivity index (χ0v) is 13.1. The quantitative estimate of drug-likeness (QED) is 0.801. The summed E-state index contributed by atoms with van der Waals surface area (Å²) in [6, 6.07) is 20.5. The SMILES string of the molecule is Cc1ccccc1[C@H]1CCC[C@H]2OC[C@H](c3ccccc3)N12. The number of aryl methyl sites for hydroxylation is 1. The van der Waals surface area contributed by atoms with Gasteiger partial charge in [0.1, 0.15) is 6.23 Å². The van der Waals surface area contributed by atoms with E-state index in [2.05, 4.69) is 66.4 Å². The van der Waals surface area contributed by atoms with Crippen molar-refractivity contribution in [3.05, 3.63) is 71.3 Å². The van der Waals surface area contributed by atoms with Crippen LogP contribution in [0.4, 0.5) is 0 Å². The van der Waals surface area contributed by atoms with Crippen molar-refractivity contribution in [2.45, 2.75) is 44.5 Å². The van der Waals surface area contributed by atoms with Gasteiger partial charge in [-0.05, 0) is 42.9 Å². The lowest BCUT2D eigenvalue weighted by Crippen LogP contribution is -2.39. The number of ether oxygens (including phenoxy) is 1. The largest absolute Gasteiger partial charge is 0.361 e. The van der Waals surface area contributed by atoms with Crippen molar-refractivity contribution < 1.29 is 4.74 Å². The molecule has 0 amide bonds. The van der Waals surface area contributed by atoms with E-state index in [4.69, 9.17) is 4.74 Å². The van der Waals surface area contributed by atoms with Crippen molar-refractivity contribution in [2.75, 3.05) is 6.61 Å². The summed E-state index contributed by atoms with van der Waals surface area (Å²) in [5.41, 5.74) is 4.25. The van der Waals surface area contributed by atoms with Crippen molar-refractivity contribution in [3.8, 4) is 0 Å². The number of nitrogens with zero attached hydrogens (tertiary/aromatic N) is 1. The molecule has 2 aliphatic rings. The van der Waals surface area contributed by atoms with E-state index in [1.807, 2.05) is 0 Å². The Morgan fingerprint density at radius 2 is 1.68 bits per heavy atom. The molecule has 2 saturated heterocycles. The van der Waals surface area contributed by atoms with Gasteiger partial charge in [-0.25, -0.2) is 0 Å². The second kappa shape index (κ2) is 5.86. The molecule has 114 valence electrons. The van der Waals surface area contributed by atoms with Crippen LogP contribution in [-0.2, 0) is 4.74 Å². The monoisotopic (exact) mass is 293 g/mol. The molecule has 22 heavy (non-hydrogen) atoms. The van der Waals surface area contributed by atoms with Gasteiger partial charge < -0.3 is 4.74 Å². The molecule has 2 heteroatoms. The van der Waals surface area contributed by atoms with Gasteiger partial charge in [0.25, 0.3) is 0 Å². The number of hydrogen-bond donors (Lipinski definition) is 0. The molecule has 0 N–H and O–H groups in total. The van der Waals surface area contributed by atoms with Crippen molar-refractivity contribution in [2.24, 2.45) is 0 Å². The zero-order chi connectivity index (χ0) is 14.9. The lowest BCUT2D eigenvalue weighted by Gasteiger charge is -2.40. The lowest BCUT2D eigenvalue weighted by molar-refractivity contribution is -0.0273. The van der Waals surface area contributed by atoms with Crippen LogP contribution in [0.5, 0.6) is 0 Å². The molecule has 2 aromatic carbocycles. The van der Waals surface area contributed by atoms with E-state index in [9.17, 15) is 0 Å². The Balaban J connectivity index is 1.71. The van der Waals surface area contributed by atoms with E-state index >= 15 is 0 Å². The molecule has 4 rings (SSSR count). The fourth-order valence-electron chi connectivity index (χ4n) is 4.08. The van der Waals surface area contributed by atoms with Crippen molar-refractivity contribution in [1.29, 1.82) is 0 Å². The second-order valence-corrected chi connectivity index (χ2v) is 6.46.